The van der Waals surface area contributed by atoms with E-state index >= 15 is 0 Å². The van der Waals surface area contributed by atoms with Crippen LogP contribution >= 0.6 is 0 Å². The number of unbranched alkanes of at least 4 members (excludes halogenated alkanes) is 1. The molecule has 1 heterocycles. The fourth-order valence-corrected chi connectivity index (χ4v) is 2.34. The summed E-state index contributed by atoms with van der Waals surface area (Å²) in [7, 11) is 1.38. The number of carbonyl (C=O) groups is 1. The monoisotopic (exact) mass is 281 g/mol. The second kappa shape index (κ2) is 8.80. The van der Waals surface area contributed by atoms with Crippen molar-refractivity contribution < 1.29 is 13.9 Å². The zero-order chi connectivity index (χ0) is 15.0. The molecule has 0 amide bonds. The Bertz CT molecular complexity index is 412. The Balaban J connectivity index is 2.56. The van der Waals surface area contributed by atoms with Crippen LogP contribution in [0.25, 0.3) is 0 Å². The van der Waals surface area contributed by atoms with Crippen LogP contribution < -0.4 is 5.32 Å². The first-order valence-corrected chi connectivity index (χ1v) is 7.53. The normalized spacial score (nSPS) is 12.4. The Morgan fingerprint density at radius 2 is 2.10 bits per heavy atom. The van der Waals surface area contributed by atoms with Gasteiger partial charge in [-0.15, -0.1) is 0 Å². The van der Waals surface area contributed by atoms with Crippen molar-refractivity contribution in [2.45, 2.75) is 65.5 Å². The summed E-state index contributed by atoms with van der Waals surface area (Å²) < 4.78 is 10.3. The summed E-state index contributed by atoms with van der Waals surface area (Å²) in [4.78, 5) is 11.5. The molecule has 0 aliphatic rings. The van der Waals surface area contributed by atoms with Gasteiger partial charge in [0.1, 0.15) is 17.1 Å². The largest absolute Gasteiger partial charge is 0.465 e. The van der Waals surface area contributed by atoms with Gasteiger partial charge in [0.2, 0.25) is 0 Å². The first-order valence-electron chi connectivity index (χ1n) is 7.53. The van der Waals surface area contributed by atoms with Crippen molar-refractivity contribution in [3.8, 4) is 0 Å². The van der Waals surface area contributed by atoms with Gasteiger partial charge in [0.05, 0.1) is 13.7 Å². The average molecular weight is 281 g/mol. The average Bonchev–Trinajstić information content (AvgIpc) is 2.82. The molecular weight excluding hydrogens is 254 g/mol. The van der Waals surface area contributed by atoms with E-state index in [1.165, 1.54) is 39.2 Å². The molecule has 1 rings (SSSR count). The third-order valence-corrected chi connectivity index (χ3v) is 3.48. The standard InChI is InChI=1S/C16H27NO3/c1-5-7-9-13(8-6-2)17-11-14-10-15(12(3)20-14)16(18)19-4/h10,13,17H,5-9,11H2,1-4H3. The summed E-state index contributed by atoms with van der Waals surface area (Å²) in [5.41, 5.74) is 0.518. The predicted molar refractivity (Wildman–Crippen MR) is 79.8 cm³/mol. The quantitative estimate of drug-likeness (QED) is 0.699. The van der Waals surface area contributed by atoms with Crippen LogP contribution in [0.3, 0.4) is 0 Å². The van der Waals surface area contributed by atoms with Crippen molar-refractivity contribution in [3.05, 3.63) is 23.2 Å². The van der Waals surface area contributed by atoms with E-state index < -0.39 is 0 Å². The van der Waals surface area contributed by atoms with Gasteiger partial charge in [-0.3, -0.25) is 0 Å². The molecule has 0 radical (unpaired) electrons. The molecule has 20 heavy (non-hydrogen) atoms. The molecule has 0 aromatic carbocycles. The van der Waals surface area contributed by atoms with Gasteiger partial charge in [-0.25, -0.2) is 4.79 Å². The lowest BCUT2D eigenvalue weighted by molar-refractivity contribution is 0.0599. The first-order chi connectivity index (χ1) is 9.62. The second-order valence-corrected chi connectivity index (χ2v) is 5.18. The molecule has 114 valence electrons. The minimum Gasteiger partial charge on any atom is -0.465 e. The van der Waals surface area contributed by atoms with Gasteiger partial charge in [-0.05, 0) is 25.8 Å². The van der Waals surface area contributed by atoms with E-state index in [-0.39, 0.29) is 5.97 Å². The molecule has 4 heteroatoms. The first kappa shape index (κ1) is 16.8. The van der Waals surface area contributed by atoms with Gasteiger partial charge in [-0.2, -0.15) is 0 Å². The zero-order valence-electron chi connectivity index (χ0n) is 13.1. The number of carbonyl (C=O) groups excluding carboxylic acids is 1. The Kier molecular flexibility index (Phi) is 7.37. The Labute approximate surface area is 121 Å². The fraction of sp³-hybridized carbons (Fsp3) is 0.688. The van der Waals surface area contributed by atoms with Crippen LogP contribution in [-0.2, 0) is 11.3 Å². The van der Waals surface area contributed by atoms with Crippen molar-refractivity contribution in [2.24, 2.45) is 0 Å². The highest BCUT2D eigenvalue weighted by molar-refractivity contribution is 5.90. The molecule has 0 spiro atoms. The SMILES string of the molecule is CCCCC(CCC)NCc1cc(C(=O)OC)c(C)o1. The number of ether oxygens (including phenoxy) is 1. The van der Waals surface area contributed by atoms with Crippen LogP contribution in [0, 0.1) is 6.92 Å². The van der Waals surface area contributed by atoms with E-state index in [1.54, 1.807) is 13.0 Å². The van der Waals surface area contributed by atoms with Crippen molar-refractivity contribution >= 4 is 5.97 Å². The van der Waals surface area contributed by atoms with Gasteiger partial charge in [0, 0.05) is 6.04 Å². The van der Waals surface area contributed by atoms with Crippen molar-refractivity contribution in [3.63, 3.8) is 0 Å². The van der Waals surface area contributed by atoms with E-state index in [9.17, 15) is 4.79 Å². The number of hydrogen-bond acceptors (Lipinski definition) is 4. The number of nitrogens with one attached hydrogen (secondary N) is 1. The molecule has 1 atom stereocenters. The minimum absolute atomic E-state index is 0.339. The lowest BCUT2D eigenvalue weighted by Gasteiger charge is -2.16. The maximum Gasteiger partial charge on any atom is 0.341 e. The van der Waals surface area contributed by atoms with E-state index in [4.69, 9.17) is 9.15 Å². The maximum absolute atomic E-state index is 11.5. The molecule has 1 aromatic rings. The molecule has 0 saturated carbocycles. The number of methoxy groups -OCH3 is 1. The van der Waals surface area contributed by atoms with Crippen molar-refractivity contribution in [1.82, 2.24) is 5.32 Å². The number of esters is 1. The van der Waals surface area contributed by atoms with E-state index in [1.807, 2.05) is 0 Å². The lowest BCUT2D eigenvalue weighted by atomic mass is 10.1. The van der Waals surface area contributed by atoms with Crippen LogP contribution in [0.15, 0.2) is 10.5 Å². The van der Waals surface area contributed by atoms with Crippen molar-refractivity contribution in [1.29, 1.82) is 0 Å². The van der Waals surface area contributed by atoms with Crippen LogP contribution in [0.1, 0.15) is 67.8 Å². The van der Waals surface area contributed by atoms with Crippen LogP contribution in [0.5, 0.6) is 0 Å². The van der Waals surface area contributed by atoms with Gasteiger partial charge < -0.3 is 14.5 Å². The molecular formula is C16H27NO3. The molecule has 1 aromatic heterocycles. The fourth-order valence-electron chi connectivity index (χ4n) is 2.34. The van der Waals surface area contributed by atoms with Crippen LogP contribution in [0.2, 0.25) is 0 Å². The summed E-state index contributed by atoms with van der Waals surface area (Å²) in [5, 5.41) is 3.52. The second-order valence-electron chi connectivity index (χ2n) is 5.18. The maximum atomic E-state index is 11.5. The molecule has 0 aliphatic heterocycles. The smallest absolute Gasteiger partial charge is 0.341 e. The Hall–Kier alpha value is -1.29. The Morgan fingerprint density at radius 3 is 2.70 bits per heavy atom. The molecule has 4 nitrogen and oxygen atoms in total. The summed E-state index contributed by atoms with van der Waals surface area (Å²) in [6.45, 7) is 6.86. The topological polar surface area (TPSA) is 51.5 Å². The van der Waals surface area contributed by atoms with Crippen LogP contribution in [0.4, 0.5) is 0 Å². The van der Waals surface area contributed by atoms with E-state index in [2.05, 4.69) is 19.2 Å². The van der Waals surface area contributed by atoms with Gasteiger partial charge in [-0.1, -0.05) is 33.1 Å². The predicted octanol–water partition coefficient (Wildman–Crippen LogP) is 3.82. The number of furan rings is 1. The summed E-state index contributed by atoms with van der Waals surface area (Å²) in [5.74, 6) is 1.07. The van der Waals surface area contributed by atoms with Gasteiger partial charge >= 0.3 is 5.97 Å². The van der Waals surface area contributed by atoms with Crippen LogP contribution in [-0.4, -0.2) is 19.1 Å². The molecule has 0 bridgehead atoms. The highest BCUT2D eigenvalue weighted by Gasteiger charge is 2.16. The molecule has 1 N–H and O–H groups in total. The molecule has 0 fully saturated rings. The van der Waals surface area contributed by atoms with Gasteiger partial charge in [0.15, 0.2) is 0 Å². The number of aryl methyl sites for hydroxylation is 1. The summed E-state index contributed by atoms with van der Waals surface area (Å²) >= 11 is 0. The zero-order valence-corrected chi connectivity index (χ0v) is 13.1. The third kappa shape index (κ3) is 5.00. The van der Waals surface area contributed by atoms with E-state index in [0.717, 1.165) is 5.76 Å². The summed E-state index contributed by atoms with van der Waals surface area (Å²) in [6, 6.07) is 2.30. The highest BCUT2D eigenvalue weighted by atomic mass is 16.5. The molecule has 0 aliphatic carbocycles. The molecule has 1 unspecified atom stereocenters. The third-order valence-electron chi connectivity index (χ3n) is 3.48. The van der Waals surface area contributed by atoms with Crippen molar-refractivity contribution in [2.75, 3.05) is 7.11 Å². The molecule has 0 saturated heterocycles. The minimum atomic E-state index is -0.339. The van der Waals surface area contributed by atoms with Gasteiger partial charge in [0.25, 0.3) is 0 Å². The summed E-state index contributed by atoms with van der Waals surface area (Å²) in [6.07, 6.45) is 5.99. The lowest BCUT2D eigenvalue weighted by Crippen LogP contribution is -2.28. The number of hydrogen-bond donors (Lipinski definition) is 1. The number of rotatable bonds is 9. The van der Waals surface area contributed by atoms with E-state index in [0.29, 0.717) is 23.9 Å². The highest BCUT2D eigenvalue weighted by Crippen LogP contribution is 2.16. The Morgan fingerprint density at radius 1 is 1.35 bits per heavy atom.